The van der Waals surface area contributed by atoms with Crippen LogP contribution in [0, 0.1) is 5.82 Å². The third-order valence-corrected chi connectivity index (χ3v) is 4.03. The Morgan fingerprint density at radius 3 is 2.81 bits per heavy atom. The molecule has 134 valence electrons. The molecule has 2 aromatic heterocycles. The summed E-state index contributed by atoms with van der Waals surface area (Å²) in [6, 6.07) is 8.86. The Labute approximate surface area is 153 Å². The summed E-state index contributed by atoms with van der Waals surface area (Å²) in [4.78, 5) is 28.5. The molecule has 0 radical (unpaired) electrons. The molecule has 0 bridgehead atoms. The van der Waals surface area contributed by atoms with Crippen LogP contribution in [-0.4, -0.2) is 31.8 Å². The van der Waals surface area contributed by atoms with E-state index in [4.69, 9.17) is 11.6 Å². The Bertz CT molecular complexity index is 1000. The summed E-state index contributed by atoms with van der Waals surface area (Å²) in [5, 5.41) is 6.91. The highest BCUT2D eigenvalue weighted by Crippen LogP contribution is 2.17. The highest BCUT2D eigenvalue weighted by atomic mass is 35.5. The van der Waals surface area contributed by atoms with Crippen LogP contribution in [0.2, 0.25) is 5.02 Å². The first kappa shape index (κ1) is 17.8. The number of amides is 1. The molecule has 26 heavy (non-hydrogen) atoms. The molecule has 0 aliphatic heterocycles. The molecule has 3 aromatic rings. The maximum absolute atomic E-state index is 13.0. The van der Waals surface area contributed by atoms with Crippen molar-refractivity contribution in [3.63, 3.8) is 0 Å². The van der Waals surface area contributed by atoms with Crippen molar-refractivity contribution in [1.29, 1.82) is 0 Å². The van der Waals surface area contributed by atoms with E-state index in [1.54, 1.807) is 31.4 Å². The second kappa shape index (κ2) is 7.49. The zero-order valence-electron chi connectivity index (χ0n) is 13.8. The van der Waals surface area contributed by atoms with Gasteiger partial charge in [0.15, 0.2) is 5.82 Å². The smallest absolute Gasteiger partial charge is 0.346 e. The molecule has 9 heteroatoms. The Hall–Kier alpha value is -3.00. The number of aromatic nitrogens is 4. The lowest BCUT2D eigenvalue weighted by molar-refractivity contribution is 0.0952. The van der Waals surface area contributed by atoms with E-state index in [-0.39, 0.29) is 29.4 Å². The molecule has 0 saturated heterocycles. The predicted molar refractivity (Wildman–Crippen MR) is 94.4 cm³/mol. The van der Waals surface area contributed by atoms with Crippen LogP contribution in [0.15, 0.2) is 47.4 Å². The Kier molecular flexibility index (Phi) is 5.13. The molecular formula is C17H15ClFN5O2. The maximum atomic E-state index is 13.0. The molecule has 0 fully saturated rings. The van der Waals surface area contributed by atoms with Crippen LogP contribution in [0.3, 0.4) is 0 Å². The Morgan fingerprint density at radius 1 is 1.31 bits per heavy atom. The second-order valence-corrected chi connectivity index (χ2v) is 5.89. The SMILES string of the molecule is Cn1c(-c2ccccn2)nn(CCNC(=O)c2ccc(F)cc2Cl)c1=O. The van der Waals surface area contributed by atoms with Crippen molar-refractivity contribution < 1.29 is 9.18 Å². The Morgan fingerprint density at radius 2 is 2.12 bits per heavy atom. The molecule has 0 aliphatic carbocycles. The molecule has 1 N–H and O–H groups in total. The van der Waals surface area contributed by atoms with Crippen LogP contribution in [-0.2, 0) is 13.6 Å². The second-order valence-electron chi connectivity index (χ2n) is 5.48. The number of hydrogen-bond acceptors (Lipinski definition) is 4. The van der Waals surface area contributed by atoms with Crippen molar-refractivity contribution in [3.8, 4) is 11.5 Å². The van der Waals surface area contributed by atoms with Gasteiger partial charge in [0.2, 0.25) is 0 Å². The molecule has 1 amide bonds. The molecular weight excluding hydrogens is 361 g/mol. The molecule has 3 rings (SSSR count). The number of carbonyl (C=O) groups excluding carboxylic acids is 1. The topological polar surface area (TPSA) is 81.8 Å². The van der Waals surface area contributed by atoms with Crippen LogP contribution >= 0.6 is 11.6 Å². The molecule has 7 nitrogen and oxygen atoms in total. The summed E-state index contributed by atoms with van der Waals surface area (Å²) in [7, 11) is 1.60. The van der Waals surface area contributed by atoms with Crippen molar-refractivity contribution >= 4 is 17.5 Å². The molecule has 0 aliphatic rings. The first-order chi connectivity index (χ1) is 12.5. The number of carbonyl (C=O) groups is 1. The summed E-state index contributed by atoms with van der Waals surface area (Å²) in [6.45, 7) is 0.329. The van der Waals surface area contributed by atoms with Gasteiger partial charge in [-0.15, -0.1) is 5.10 Å². The highest BCUT2D eigenvalue weighted by molar-refractivity contribution is 6.33. The van der Waals surface area contributed by atoms with E-state index in [0.717, 1.165) is 12.1 Å². The minimum atomic E-state index is -0.520. The zero-order chi connectivity index (χ0) is 18.7. The number of benzene rings is 1. The number of pyridine rings is 1. The number of rotatable bonds is 5. The number of halogens is 2. The molecule has 0 atom stereocenters. The third-order valence-electron chi connectivity index (χ3n) is 3.72. The number of nitrogens with one attached hydrogen (secondary N) is 1. The molecule has 0 saturated carbocycles. The fourth-order valence-electron chi connectivity index (χ4n) is 2.40. The van der Waals surface area contributed by atoms with Gasteiger partial charge in [0.1, 0.15) is 11.5 Å². The van der Waals surface area contributed by atoms with Crippen molar-refractivity contribution in [3.05, 3.63) is 69.5 Å². The lowest BCUT2D eigenvalue weighted by Crippen LogP contribution is -2.31. The van der Waals surface area contributed by atoms with Crippen LogP contribution in [0.25, 0.3) is 11.5 Å². The van der Waals surface area contributed by atoms with E-state index in [9.17, 15) is 14.0 Å². The van der Waals surface area contributed by atoms with Gasteiger partial charge in [0, 0.05) is 19.8 Å². The maximum Gasteiger partial charge on any atom is 0.346 e. The van der Waals surface area contributed by atoms with Gasteiger partial charge in [0.05, 0.1) is 17.1 Å². The number of nitrogens with zero attached hydrogens (tertiary/aromatic N) is 4. The summed E-state index contributed by atoms with van der Waals surface area (Å²) < 4.78 is 15.7. The molecule has 2 heterocycles. The average Bonchev–Trinajstić information content (AvgIpc) is 2.91. The standard InChI is InChI=1S/C17H15ClFN5O2/c1-23-15(14-4-2-3-7-20-14)22-24(17(23)26)9-8-21-16(25)12-6-5-11(19)10-13(12)18/h2-7,10H,8-9H2,1H3,(H,21,25). The van der Waals surface area contributed by atoms with E-state index in [1.165, 1.54) is 15.3 Å². The first-order valence-electron chi connectivity index (χ1n) is 7.76. The zero-order valence-corrected chi connectivity index (χ0v) is 14.6. The first-order valence-corrected chi connectivity index (χ1v) is 8.13. The quantitative estimate of drug-likeness (QED) is 0.738. The van der Waals surface area contributed by atoms with Gasteiger partial charge in [0.25, 0.3) is 5.91 Å². The van der Waals surface area contributed by atoms with Crippen LogP contribution in [0.1, 0.15) is 10.4 Å². The molecule has 1 aromatic carbocycles. The van der Waals surface area contributed by atoms with Crippen molar-refractivity contribution in [2.75, 3.05) is 6.54 Å². The van der Waals surface area contributed by atoms with Crippen molar-refractivity contribution in [2.45, 2.75) is 6.54 Å². The van der Waals surface area contributed by atoms with Gasteiger partial charge in [-0.2, -0.15) is 0 Å². The summed E-state index contributed by atoms with van der Waals surface area (Å²) in [5.41, 5.74) is 0.420. The van der Waals surface area contributed by atoms with Crippen LogP contribution in [0.4, 0.5) is 4.39 Å². The van der Waals surface area contributed by atoms with E-state index in [0.29, 0.717) is 11.5 Å². The van der Waals surface area contributed by atoms with Gasteiger partial charge < -0.3 is 5.32 Å². The predicted octanol–water partition coefficient (Wildman–Crippen LogP) is 1.87. The highest BCUT2D eigenvalue weighted by Gasteiger charge is 2.14. The van der Waals surface area contributed by atoms with Crippen LogP contribution < -0.4 is 11.0 Å². The summed E-state index contributed by atoms with van der Waals surface area (Å²) in [5.74, 6) is -0.541. The van der Waals surface area contributed by atoms with Crippen molar-refractivity contribution in [1.82, 2.24) is 24.6 Å². The van der Waals surface area contributed by atoms with Crippen molar-refractivity contribution in [2.24, 2.45) is 7.05 Å². The summed E-state index contributed by atoms with van der Waals surface area (Å²) in [6.07, 6.45) is 1.62. The lowest BCUT2D eigenvalue weighted by Gasteiger charge is -2.06. The van der Waals surface area contributed by atoms with Gasteiger partial charge in [-0.25, -0.2) is 13.9 Å². The van der Waals surface area contributed by atoms with E-state index in [1.807, 2.05) is 0 Å². The normalized spacial score (nSPS) is 10.7. The van der Waals surface area contributed by atoms with Gasteiger partial charge >= 0.3 is 5.69 Å². The summed E-state index contributed by atoms with van der Waals surface area (Å²) >= 11 is 5.86. The van der Waals surface area contributed by atoms with Crippen LogP contribution in [0.5, 0.6) is 0 Å². The lowest BCUT2D eigenvalue weighted by atomic mass is 10.2. The Balaban J connectivity index is 1.69. The number of hydrogen-bond donors (Lipinski definition) is 1. The average molecular weight is 376 g/mol. The van der Waals surface area contributed by atoms with E-state index in [2.05, 4.69) is 15.4 Å². The fraction of sp³-hybridized carbons (Fsp3) is 0.176. The fourth-order valence-corrected chi connectivity index (χ4v) is 2.65. The third kappa shape index (κ3) is 3.65. The van der Waals surface area contributed by atoms with Gasteiger partial charge in [-0.3, -0.25) is 14.3 Å². The van der Waals surface area contributed by atoms with Gasteiger partial charge in [-0.1, -0.05) is 17.7 Å². The molecule has 0 spiro atoms. The monoisotopic (exact) mass is 375 g/mol. The van der Waals surface area contributed by atoms with Gasteiger partial charge in [-0.05, 0) is 30.3 Å². The largest absolute Gasteiger partial charge is 0.350 e. The van der Waals surface area contributed by atoms with E-state index < -0.39 is 11.7 Å². The van der Waals surface area contributed by atoms with E-state index >= 15 is 0 Å². The minimum absolute atomic E-state index is 0.0231. The molecule has 0 unspecified atom stereocenters. The minimum Gasteiger partial charge on any atom is -0.350 e.